The molecule has 1 amide bonds. The molecule has 3 N–H and O–H groups in total. The molecule has 0 bridgehead atoms. The van der Waals surface area contributed by atoms with Gasteiger partial charge in [0.1, 0.15) is 5.69 Å². The normalized spacial score (nSPS) is 11.4. The number of nitrogens with zero attached hydrogens (tertiary/aromatic N) is 1. The van der Waals surface area contributed by atoms with Gasteiger partial charge < -0.3 is 15.8 Å². The molecule has 25 heavy (non-hydrogen) atoms. The summed E-state index contributed by atoms with van der Waals surface area (Å²) in [4.78, 5) is 34.5. The number of benzene rings is 2. The van der Waals surface area contributed by atoms with Gasteiger partial charge in [0.25, 0.3) is 11.6 Å². The Kier molecular flexibility index (Phi) is 5.56. The van der Waals surface area contributed by atoms with Crippen molar-refractivity contribution in [2.24, 2.45) is 0 Å². The van der Waals surface area contributed by atoms with E-state index < -0.39 is 22.9 Å². The van der Waals surface area contributed by atoms with Gasteiger partial charge in [-0.1, -0.05) is 23.7 Å². The van der Waals surface area contributed by atoms with Gasteiger partial charge >= 0.3 is 5.97 Å². The van der Waals surface area contributed by atoms with Gasteiger partial charge in [0.05, 0.1) is 21.2 Å². The molecule has 2 rings (SSSR count). The zero-order chi connectivity index (χ0) is 18.6. The van der Waals surface area contributed by atoms with Crippen molar-refractivity contribution >= 4 is 40.5 Å². The van der Waals surface area contributed by atoms with E-state index in [1.54, 1.807) is 0 Å². The summed E-state index contributed by atoms with van der Waals surface area (Å²) in [6, 6.07) is 9.82. The Morgan fingerprint density at radius 1 is 1.28 bits per heavy atom. The summed E-state index contributed by atoms with van der Waals surface area (Å²) >= 11 is 5.78. The number of nitrogens with two attached hydrogens (primary N) is 1. The van der Waals surface area contributed by atoms with Gasteiger partial charge in [-0.15, -0.1) is 0 Å². The first-order valence-electron chi connectivity index (χ1n) is 7.10. The number of ether oxygens (including phenoxy) is 1. The summed E-state index contributed by atoms with van der Waals surface area (Å²) < 4.78 is 5.05. The number of carbonyl (C=O) groups excluding carboxylic acids is 2. The second kappa shape index (κ2) is 7.63. The van der Waals surface area contributed by atoms with Gasteiger partial charge in [-0.05, 0) is 31.2 Å². The van der Waals surface area contributed by atoms with E-state index in [1.165, 1.54) is 49.4 Å². The fourth-order valence-electron chi connectivity index (χ4n) is 1.93. The summed E-state index contributed by atoms with van der Waals surface area (Å²) in [6.45, 7) is 1.35. The second-order valence-electron chi connectivity index (χ2n) is 5.05. The van der Waals surface area contributed by atoms with Crippen LogP contribution in [0.5, 0.6) is 0 Å². The average molecular weight is 364 g/mol. The van der Waals surface area contributed by atoms with Crippen LogP contribution in [0.25, 0.3) is 0 Å². The van der Waals surface area contributed by atoms with Crippen molar-refractivity contribution in [1.29, 1.82) is 0 Å². The largest absolute Gasteiger partial charge is 0.449 e. The quantitative estimate of drug-likeness (QED) is 0.364. The van der Waals surface area contributed by atoms with Crippen LogP contribution in [0.3, 0.4) is 0 Å². The predicted octanol–water partition coefficient (Wildman–Crippen LogP) is 3.01. The Labute approximate surface area is 147 Å². The van der Waals surface area contributed by atoms with Crippen molar-refractivity contribution in [3.8, 4) is 0 Å². The third-order valence-corrected chi connectivity index (χ3v) is 3.59. The second-order valence-corrected chi connectivity index (χ2v) is 5.45. The molecule has 0 aliphatic rings. The number of nitro benzene ring substituents is 1. The number of hydrogen-bond donors (Lipinski definition) is 2. The van der Waals surface area contributed by atoms with Crippen LogP contribution in [0, 0.1) is 10.1 Å². The zero-order valence-corrected chi connectivity index (χ0v) is 13.8. The molecule has 0 aliphatic carbocycles. The van der Waals surface area contributed by atoms with E-state index in [1.807, 2.05) is 0 Å². The number of nitrogen functional groups attached to an aromatic ring is 1. The van der Waals surface area contributed by atoms with E-state index in [2.05, 4.69) is 5.32 Å². The molecule has 8 nitrogen and oxygen atoms in total. The lowest BCUT2D eigenvalue weighted by Crippen LogP contribution is -2.30. The molecule has 0 saturated carbocycles. The predicted molar refractivity (Wildman–Crippen MR) is 92.5 cm³/mol. The molecule has 1 atom stereocenters. The highest BCUT2D eigenvalue weighted by atomic mass is 35.5. The number of carbonyl (C=O) groups is 2. The summed E-state index contributed by atoms with van der Waals surface area (Å²) in [6.07, 6.45) is -1.18. The van der Waals surface area contributed by atoms with Crippen LogP contribution in [-0.2, 0) is 9.53 Å². The Hall–Kier alpha value is -3.13. The summed E-state index contributed by atoms with van der Waals surface area (Å²) in [7, 11) is 0. The Bertz CT molecular complexity index is 840. The van der Waals surface area contributed by atoms with Crippen molar-refractivity contribution in [3.63, 3.8) is 0 Å². The van der Waals surface area contributed by atoms with Gasteiger partial charge in [-0.25, -0.2) is 4.79 Å². The lowest BCUT2D eigenvalue weighted by Gasteiger charge is -2.14. The molecule has 0 saturated heterocycles. The summed E-state index contributed by atoms with van der Waals surface area (Å²) in [5.41, 5.74) is 5.69. The zero-order valence-electron chi connectivity index (χ0n) is 13.1. The number of hydrogen-bond acceptors (Lipinski definition) is 6. The SMILES string of the molecule is C[C@H](OC(=O)c1ccc(Cl)c(N)c1)C(=O)Nc1ccccc1[N+](=O)[O-]. The first-order valence-corrected chi connectivity index (χ1v) is 7.47. The fourth-order valence-corrected chi connectivity index (χ4v) is 2.04. The minimum atomic E-state index is -1.18. The highest BCUT2D eigenvalue weighted by Gasteiger charge is 2.22. The molecule has 0 heterocycles. The van der Waals surface area contributed by atoms with E-state index in [-0.39, 0.29) is 22.6 Å². The van der Waals surface area contributed by atoms with Crippen LogP contribution in [0.1, 0.15) is 17.3 Å². The van der Waals surface area contributed by atoms with Crippen molar-refractivity contribution < 1.29 is 19.2 Å². The Morgan fingerprint density at radius 3 is 2.60 bits per heavy atom. The number of rotatable bonds is 5. The topological polar surface area (TPSA) is 125 Å². The van der Waals surface area contributed by atoms with E-state index >= 15 is 0 Å². The molecule has 130 valence electrons. The first kappa shape index (κ1) is 18.2. The van der Waals surface area contributed by atoms with Crippen LogP contribution in [0.4, 0.5) is 17.1 Å². The molecule has 0 unspecified atom stereocenters. The number of nitrogens with one attached hydrogen (secondary N) is 1. The number of anilines is 2. The van der Waals surface area contributed by atoms with Crippen molar-refractivity contribution in [1.82, 2.24) is 0 Å². The van der Waals surface area contributed by atoms with Crippen molar-refractivity contribution in [2.45, 2.75) is 13.0 Å². The molecular formula is C16H14ClN3O5. The van der Waals surface area contributed by atoms with Crippen molar-refractivity contribution in [2.75, 3.05) is 11.1 Å². The number of para-hydroxylation sites is 2. The third-order valence-electron chi connectivity index (χ3n) is 3.24. The van der Waals surface area contributed by atoms with E-state index in [4.69, 9.17) is 22.1 Å². The van der Waals surface area contributed by atoms with Crippen LogP contribution < -0.4 is 11.1 Å². The van der Waals surface area contributed by atoms with E-state index in [0.717, 1.165) is 0 Å². The minimum absolute atomic E-state index is 0.0103. The maximum atomic E-state index is 12.1. The fraction of sp³-hybridized carbons (Fsp3) is 0.125. The third kappa shape index (κ3) is 4.45. The molecule has 2 aromatic rings. The van der Waals surface area contributed by atoms with Gasteiger partial charge in [0, 0.05) is 6.07 Å². The highest BCUT2D eigenvalue weighted by Crippen LogP contribution is 2.24. The lowest BCUT2D eigenvalue weighted by atomic mass is 10.2. The van der Waals surface area contributed by atoms with Crippen LogP contribution in [0.2, 0.25) is 5.02 Å². The van der Waals surface area contributed by atoms with E-state index in [0.29, 0.717) is 5.02 Å². The van der Waals surface area contributed by atoms with Crippen LogP contribution in [0.15, 0.2) is 42.5 Å². The van der Waals surface area contributed by atoms with Gasteiger partial charge in [-0.3, -0.25) is 14.9 Å². The molecule has 0 spiro atoms. The number of nitro groups is 1. The minimum Gasteiger partial charge on any atom is -0.449 e. The number of amides is 1. The molecule has 0 aromatic heterocycles. The van der Waals surface area contributed by atoms with Crippen LogP contribution in [-0.4, -0.2) is 22.9 Å². The molecule has 9 heteroatoms. The Balaban J connectivity index is 2.06. The van der Waals surface area contributed by atoms with Crippen LogP contribution >= 0.6 is 11.6 Å². The first-order chi connectivity index (χ1) is 11.8. The lowest BCUT2D eigenvalue weighted by molar-refractivity contribution is -0.383. The number of halogens is 1. The van der Waals surface area contributed by atoms with Crippen molar-refractivity contribution in [3.05, 3.63) is 63.2 Å². The maximum absolute atomic E-state index is 12.1. The van der Waals surface area contributed by atoms with E-state index in [9.17, 15) is 19.7 Å². The molecule has 0 aliphatic heterocycles. The molecule has 2 aromatic carbocycles. The summed E-state index contributed by atoms with van der Waals surface area (Å²) in [5.74, 6) is -1.47. The van der Waals surface area contributed by atoms with Gasteiger partial charge in [-0.2, -0.15) is 0 Å². The number of esters is 1. The van der Waals surface area contributed by atoms with Gasteiger partial charge in [0.2, 0.25) is 0 Å². The van der Waals surface area contributed by atoms with Gasteiger partial charge in [0.15, 0.2) is 6.10 Å². The molecule has 0 radical (unpaired) electrons. The molecule has 0 fully saturated rings. The highest BCUT2D eigenvalue weighted by molar-refractivity contribution is 6.33. The maximum Gasteiger partial charge on any atom is 0.338 e. The Morgan fingerprint density at radius 2 is 1.96 bits per heavy atom. The monoisotopic (exact) mass is 363 g/mol. The summed E-state index contributed by atoms with van der Waals surface area (Å²) in [5, 5.41) is 13.6. The standard InChI is InChI=1S/C16H14ClN3O5/c1-9(25-16(22)10-6-7-11(17)12(18)8-10)15(21)19-13-4-2-3-5-14(13)20(23)24/h2-9H,18H2,1H3,(H,19,21)/t9-/m0/s1. The smallest absolute Gasteiger partial charge is 0.338 e. The average Bonchev–Trinajstić information content (AvgIpc) is 2.57. The molecular weight excluding hydrogens is 350 g/mol.